The Balaban J connectivity index is 1.36. The Hall–Kier alpha value is -3.13. The van der Waals surface area contributed by atoms with E-state index in [2.05, 4.69) is 20.5 Å². The molecule has 0 radical (unpaired) electrons. The quantitative estimate of drug-likeness (QED) is 0.597. The Morgan fingerprint density at radius 3 is 2.77 bits per heavy atom. The Bertz CT molecular complexity index is 1020. The first-order chi connectivity index (χ1) is 14.6. The van der Waals surface area contributed by atoms with Gasteiger partial charge in [-0.15, -0.1) is 0 Å². The van der Waals surface area contributed by atoms with Gasteiger partial charge in [-0.2, -0.15) is 5.10 Å². The average Bonchev–Trinajstić information content (AvgIpc) is 3.22. The molecular weight excluding hydrogens is 398 g/mol. The number of amides is 2. The van der Waals surface area contributed by atoms with Gasteiger partial charge in [-0.05, 0) is 31.0 Å². The van der Waals surface area contributed by atoms with E-state index in [0.29, 0.717) is 31.0 Å². The van der Waals surface area contributed by atoms with Gasteiger partial charge in [0.15, 0.2) is 5.69 Å². The van der Waals surface area contributed by atoms with E-state index < -0.39 is 0 Å². The first-order valence-corrected chi connectivity index (χ1v) is 10.8. The normalized spacial score (nSPS) is 14.1. The molecule has 0 fully saturated rings. The number of thioether (sulfide) groups is 1. The molecule has 3 heterocycles. The number of carbonyl (C=O) groups excluding carboxylic acids is 2. The van der Waals surface area contributed by atoms with Gasteiger partial charge in [0.2, 0.25) is 5.91 Å². The average molecular weight is 422 g/mol. The molecule has 1 aliphatic heterocycles. The van der Waals surface area contributed by atoms with E-state index in [1.807, 2.05) is 55.5 Å². The number of nitrogens with zero attached hydrogens (tertiary/aromatic N) is 3. The highest BCUT2D eigenvalue weighted by Crippen LogP contribution is 2.23. The molecule has 1 atom stereocenters. The predicted octanol–water partition coefficient (Wildman–Crippen LogP) is 2.97. The van der Waals surface area contributed by atoms with Gasteiger partial charge in [0, 0.05) is 18.3 Å². The molecule has 0 saturated carbocycles. The molecule has 154 valence electrons. The third-order valence-corrected chi connectivity index (χ3v) is 6.06. The number of carbonyl (C=O) groups is 2. The van der Waals surface area contributed by atoms with E-state index in [9.17, 15) is 9.59 Å². The smallest absolute Gasteiger partial charge is 0.272 e. The third-order valence-electron chi connectivity index (χ3n) is 5.13. The van der Waals surface area contributed by atoms with Crippen LogP contribution < -0.4 is 5.32 Å². The molecule has 3 aromatic rings. The van der Waals surface area contributed by atoms with Gasteiger partial charge in [0.25, 0.3) is 5.91 Å². The minimum Gasteiger partial charge on any atom is -0.344 e. The fourth-order valence-electron chi connectivity index (χ4n) is 3.47. The zero-order chi connectivity index (χ0) is 20.9. The maximum atomic E-state index is 12.8. The zero-order valence-corrected chi connectivity index (χ0v) is 17.5. The highest BCUT2D eigenvalue weighted by Gasteiger charge is 2.28. The van der Waals surface area contributed by atoms with Crippen LogP contribution in [-0.2, 0) is 17.8 Å². The Morgan fingerprint density at radius 1 is 1.20 bits per heavy atom. The summed E-state index contributed by atoms with van der Waals surface area (Å²) in [5.74, 6) is 0.187. The van der Waals surface area contributed by atoms with Gasteiger partial charge < -0.3 is 10.2 Å². The molecule has 2 amide bonds. The molecule has 0 saturated heterocycles. The lowest BCUT2D eigenvalue weighted by Crippen LogP contribution is -2.37. The van der Waals surface area contributed by atoms with Crippen LogP contribution in [0.5, 0.6) is 0 Å². The topological polar surface area (TPSA) is 91.0 Å². The Kier molecular flexibility index (Phi) is 6.13. The number of H-pyrrole nitrogens is 1. The van der Waals surface area contributed by atoms with Crippen molar-refractivity contribution in [3.8, 4) is 0 Å². The third kappa shape index (κ3) is 4.54. The van der Waals surface area contributed by atoms with Crippen molar-refractivity contribution < 1.29 is 9.59 Å². The lowest BCUT2D eigenvalue weighted by atomic mass is 10.0. The van der Waals surface area contributed by atoms with Gasteiger partial charge in [0.05, 0.1) is 29.1 Å². The van der Waals surface area contributed by atoms with E-state index in [1.54, 1.807) is 11.1 Å². The van der Waals surface area contributed by atoms with Crippen LogP contribution in [0.1, 0.15) is 40.3 Å². The molecule has 7 nitrogen and oxygen atoms in total. The molecule has 0 unspecified atom stereocenters. The lowest BCUT2D eigenvalue weighted by molar-refractivity contribution is -0.129. The summed E-state index contributed by atoms with van der Waals surface area (Å²) in [5, 5.41) is 11.0. The first kappa shape index (κ1) is 20.2. The van der Waals surface area contributed by atoms with E-state index in [0.717, 1.165) is 21.8 Å². The highest BCUT2D eigenvalue weighted by atomic mass is 32.2. The standard InChI is InChI=1S/C22H23N5O2S/c1-15(16-7-3-2-4-8-16)24-22(29)21-17-10-12-27(13-18(17)25-26-21)20(28)14-30-19-9-5-6-11-23-19/h2-9,11,15H,10,12-14H2,1H3,(H,24,29)(H,25,26)/t15-/m1/s1. The number of rotatable bonds is 6. The second kappa shape index (κ2) is 9.13. The summed E-state index contributed by atoms with van der Waals surface area (Å²) in [6.07, 6.45) is 2.32. The fraction of sp³-hybridized carbons (Fsp3) is 0.273. The number of benzene rings is 1. The van der Waals surface area contributed by atoms with Crippen molar-refractivity contribution in [2.45, 2.75) is 31.0 Å². The van der Waals surface area contributed by atoms with Crippen LogP contribution in [0.25, 0.3) is 0 Å². The van der Waals surface area contributed by atoms with E-state index in [4.69, 9.17) is 0 Å². The van der Waals surface area contributed by atoms with Crippen LogP contribution in [-0.4, -0.2) is 44.2 Å². The van der Waals surface area contributed by atoms with Crippen molar-refractivity contribution in [1.29, 1.82) is 0 Å². The van der Waals surface area contributed by atoms with Crippen molar-refractivity contribution in [2.75, 3.05) is 12.3 Å². The molecule has 1 aliphatic rings. The van der Waals surface area contributed by atoms with Gasteiger partial charge in [-0.1, -0.05) is 48.2 Å². The van der Waals surface area contributed by atoms with Crippen molar-refractivity contribution in [3.63, 3.8) is 0 Å². The number of aromatic nitrogens is 3. The SMILES string of the molecule is C[C@@H](NC(=O)c1n[nH]c2c1CCN(C(=O)CSc1ccccn1)C2)c1ccccc1. The van der Waals surface area contributed by atoms with Crippen molar-refractivity contribution >= 4 is 23.6 Å². The predicted molar refractivity (Wildman–Crippen MR) is 115 cm³/mol. The number of hydrogen-bond acceptors (Lipinski definition) is 5. The van der Waals surface area contributed by atoms with Crippen molar-refractivity contribution in [3.05, 3.63) is 77.2 Å². The molecule has 4 rings (SSSR count). The second-order valence-electron chi connectivity index (χ2n) is 7.16. The number of pyridine rings is 1. The number of nitrogens with one attached hydrogen (secondary N) is 2. The summed E-state index contributed by atoms with van der Waals surface area (Å²) in [5.41, 5.74) is 3.18. The van der Waals surface area contributed by atoms with Gasteiger partial charge >= 0.3 is 0 Å². The second-order valence-corrected chi connectivity index (χ2v) is 8.15. The van der Waals surface area contributed by atoms with Crippen LogP contribution in [0.15, 0.2) is 59.8 Å². The molecular formula is C22H23N5O2S. The zero-order valence-electron chi connectivity index (χ0n) is 16.7. The number of fused-ring (bicyclic) bond motifs is 1. The van der Waals surface area contributed by atoms with Crippen LogP contribution in [0.4, 0.5) is 0 Å². The minimum absolute atomic E-state index is 0.0506. The Morgan fingerprint density at radius 2 is 2.00 bits per heavy atom. The van der Waals surface area contributed by atoms with Gasteiger partial charge in [-0.25, -0.2) is 4.98 Å². The molecule has 30 heavy (non-hydrogen) atoms. The summed E-state index contributed by atoms with van der Waals surface area (Å²) in [4.78, 5) is 31.4. The van der Waals surface area contributed by atoms with Crippen molar-refractivity contribution in [1.82, 2.24) is 25.4 Å². The summed E-state index contributed by atoms with van der Waals surface area (Å²) < 4.78 is 0. The summed E-state index contributed by atoms with van der Waals surface area (Å²) in [6.45, 7) is 2.96. The molecule has 0 aliphatic carbocycles. The fourth-order valence-corrected chi connectivity index (χ4v) is 4.23. The highest BCUT2D eigenvalue weighted by molar-refractivity contribution is 7.99. The number of hydrogen-bond donors (Lipinski definition) is 2. The maximum absolute atomic E-state index is 12.8. The largest absolute Gasteiger partial charge is 0.344 e. The van der Waals surface area contributed by atoms with Crippen LogP contribution >= 0.6 is 11.8 Å². The summed E-state index contributed by atoms with van der Waals surface area (Å²) in [6, 6.07) is 15.4. The van der Waals surface area contributed by atoms with Crippen LogP contribution in [0, 0.1) is 0 Å². The molecule has 0 bridgehead atoms. The molecule has 2 aromatic heterocycles. The van der Waals surface area contributed by atoms with E-state index >= 15 is 0 Å². The number of aromatic amines is 1. The molecule has 2 N–H and O–H groups in total. The summed E-state index contributed by atoms with van der Waals surface area (Å²) >= 11 is 1.43. The van der Waals surface area contributed by atoms with Crippen LogP contribution in [0.2, 0.25) is 0 Å². The maximum Gasteiger partial charge on any atom is 0.272 e. The first-order valence-electron chi connectivity index (χ1n) is 9.85. The van der Waals surface area contributed by atoms with Crippen LogP contribution in [0.3, 0.4) is 0 Å². The Labute approximate surface area is 179 Å². The van der Waals surface area contributed by atoms with Gasteiger partial charge in [0.1, 0.15) is 0 Å². The van der Waals surface area contributed by atoms with Crippen molar-refractivity contribution in [2.24, 2.45) is 0 Å². The monoisotopic (exact) mass is 421 g/mol. The summed E-state index contributed by atoms with van der Waals surface area (Å²) in [7, 11) is 0. The van der Waals surface area contributed by atoms with Gasteiger partial charge in [-0.3, -0.25) is 14.7 Å². The molecule has 1 aromatic carbocycles. The minimum atomic E-state index is -0.200. The van der Waals surface area contributed by atoms with E-state index in [-0.39, 0.29) is 17.9 Å². The molecule has 8 heteroatoms. The van der Waals surface area contributed by atoms with E-state index in [1.165, 1.54) is 11.8 Å². The lowest BCUT2D eigenvalue weighted by Gasteiger charge is -2.26. The molecule has 0 spiro atoms.